The summed E-state index contributed by atoms with van der Waals surface area (Å²) >= 11 is 0. The molecule has 4 rings (SSSR count). The van der Waals surface area contributed by atoms with Gasteiger partial charge in [0.1, 0.15) is 0 Å². The van der Waals surface area contributed by atoms with E-state index in [9.17, 15) is 0 Å². The van der Waals surface area contributed by atoms with Crippen LogP contribution in [0.3, 0.4) is 0 Å². The number of pyridine rings is 1. The first-order chi connectivity index (χ1) is 14.4. The molecule has 0 atom stereocenters. The highest BCUT2D eigenvalue weighted by Gasteiger charge is 2.09. The van der Waals surface area contributed by atoms with Gasteiger partial charge in [0.2, 0.25) is 0 Å². The molecular formula is C26H30N2O. The Morgan fingerprint density at radius 2 is 1.41 bits per heavy atom. The Balaban J connectivity index is 1.39. The molecule has 0 fully saturated rings. The minimum absolute atomic E-state index is 0.799. The molecule has 2 heterocycles. The van der Waals surface area contributed by atoms with Crippen molar-refractivity contribution in [3.8, 4) is 11.1 Å². The molecule has 1 aromatic heterocycles. The highest BCUT2D eigenvalue weighted by molar-refractivity contribution is 5.63. The Hall–Kier alpha value is -2.49. The monoisotopic (exact) mass is 386 g/mol. The SMILES string of the molecule is c1ccc(-c2ccc(CN3CCCc4cccc(n4)CCCOCC3)cc2)cc1. The van der Waals surface area contributed by atoms with E-state index >= 15 is 0 Å². The maximum absolute atomic E-state index is 5.89. The maximum atomic E-state index is 5.89. The fourth-order valence-electron chi connectivity index (χ4n) is 3.90. The minimum Gasteiger partial charge on any atom is -0.380 e. The lowest BCUT2D eigenvalue weighted by atomic mass is 10.0. The highest BCUT2D eigenvalue weighted by atomic mass is 16.5. The van der Waals surface area contributed by atoms with Gasteiger partial charge in [-0.25, -0.2) is 0 Å². The first kappa shape index (κ1) is 19.8. The summed E-state index contributed by atoms with van der Waals surface area (Å²) in [4.78, 5) is 7.32. The molecule has 2 aromatic carbocycles. The number of ether oxygens (including phenoxy) is 1. The molecule has 0 unspecified atom stereocenters. The van der Waals surface area contributed by atoms with Crippen LogP contribution < -0.4 is 0 Å². The first-order valence-corrected chi connectivity index (χ1v) is 10.8. The summed E-state index contributed by atoms with van der Waals surface area (Å²) in [6, 6.07) is 26.0. The highest BCUT2D eigenvalue weighted by Crippen LogP contribution is 2.20. The number of benzene rings is 2. The molecule has 0 saturated heterocycles. The van der Waals surface area contributed by atoms with E-state index in [0.717, 1.165) is 58.5 Å². The van der Waals surface area contributed by atoms with Gasteiger partial charge in [0.25, 0.3) is 0 Å². The lowest BCUT2D eigenvalue weighted by Crippen LogP contribution is -2.28. The standard InChI is InChI=1S/C26H30N2O/c1-2-7-23(8-3-1)24-15-13-22(14-16-24)21-28-17-5-11-25-9-4-10-26(27-25)12-6-19-29-20-18-28/h1-4,7-10,13-16H,5-6,11-12,17-21H2. The summed E-state index contributed by atoms with van der Waals surface area (Å²) in [5.41, 5.74) is 6.31. The molecule has 0 saturated carbocycles. The molecule has 29 heavy (non-hydrogen) atoms. The van der Waals surface area contributed by atoms with E-state index in [-0.39, 0.29) is 0 Å². The Labute approximate surface area is 174 Å². The maximum Gasteiger partial charge on any atom is 0.0593 e. The molecule has 150 valence electrons. The van der Waals surface area contributed by atoms with Crippen LogP contribution in [0, 0.1) is 0 Å². The van der Waals surface area contributed by atoms with Gasteiger partial charge in [-0.2, -0.15) is 0 Å². The van der Waals surface area contributed by atoms with Crippen LogP contribution in [0.25, 0.3) is 11.1 Å². The zero-order chi connectivity index (χ0) is 19.7. The average Bonchev–Trinajstić information content (AvgIpc) is 2.78. The second-order valence-electron chi connectivity index (χ2n) is 7.78. The van der Waals surface area contributed by atoms with E-state index < -0.39 is 0 Å². The first-order valence-electron chi connectivity index (χ1n) is 10.8. The molecular weight excluding hydrogens is 356 g/mol. The topological polar surface area (TPSA) is 25.4 Å². The van der Waals surface area contributed by atoms with Gasteiger partial charge in [-0.15, -0.1) is 0 Å². The van der Waals surface area contributed by atoms with E-state index in [4.69, 9.17) is 9.72 Å². The van der Waals surface area contributed by atoms with Crippen LogP contribution in [0.1, 0.15) is 29.8 Å². The number of aromatic nitrogens is 1. The van der Waals surface area contributed by atoms with Gasteiger partial charge in [-0.1, -0.05) is 60.7 Å². The van der Waals surface area contributed by atoms with Crippen LogP contribution in [0.5, 0.6) is 0 Å². The summed E-state index contributed by atoms with van der Waals surface area (Å²) in [7, 11) is 0. The molecule has 3 aromatic rings. The van der Waals surface area contributed by atoms with Crippen molar-refractivity contribution in [1.29, 1.82) is 0 Å². The molecule has 0 spiro atoms. The van der Waals surface area contributed by atoms with E-state index in [1.54, 1.807) is 0 Å². The van der Waals surface area contributed by atoms with Crippen LogP contribution in [-0.2, 0) is 24.1 Å². The molecule has 3 heteroatoms. The van der Waals surface area contributed by atoms with Crippen molar-refractivity contribution in [3.63, 3.8) is 0 Å². The summed E-state index contributed by atoms with van der Waals surface area (Å²) in [5, 5.41) is 0. The lowest BCUT2D eigenvalue weighted by Gasteiger charge is -2.22. The van der Waals surface area contributed by atoms with Crippen molar-refractivity contribution in [3.05, 3.63) is 89.7 Å². The zero-order valence-electron chi connectivity index (χ0n) is 17.1. The molecule has 1 aliphatic heterocycles. The Morgan fingerprint density at radius 3 is 2.21 bits per heavy atom. The number of rotatable bonds is 3. The van der Waals surface area contributed by atoms with Gasteiger partial charge in [0, 0.05) is 31.1 Å². The van der Waals surface area contributed by atoms with Crippen molar-refractivity contribution >= 4 is 0 Å². The van der Waals surface area contributed by atoms with Crippen molar-refractivity contribution < 1.29 is 4.74 Å². The van der Waals surface area contributed by atoms with Crippen LogP contribution in [0.2, 0.25) is 0 Å². The molecule has 2 bridgehead atoms. The van der Waals surface area contributed by atoms with Crippen molar-refractivity contribution in [2.75, 3.05) is 26.3 Å². The number of nitrogens with zero attached hydrogens (tertiary/aromatic N) is 2. The average molecular weight is 387 g/mol. The van der Waals surface area contributed by atoms with Gasteiger partial charge in [-0.3, -0.25) is 9.88 Å². The van der Waals surface area contributed by atoms with Crippen molar-refractivity contribution in [2.24, 2.45) is 0 Å². The van der Waals surface area contributed by atoms with E-state index in [0.29, 0.717) is 0 Å². The normalized spacial score (nSPS) is 16.4. The summed E-state index contributed by atoms with van der Waals surface area (Å²) in [6.07, 6.45) is 4.21. The van der Waals surface area contributed by atoms with Crippen LogP contribution in [0.15, 0.2) is 72.8 Å². The van der Waals surface area contributed by atoms with Crippen LogP contribution >= 0.6 is 0 Å². The summed E-state index contributed by atoms with van der Waals surface area (Å²) in [5.74, 6) is 0. The predicted molar refractivity (Wildman–Crippen MR) is 119 cm³/mol. The van der Waals surface area contributed by atoms with Gasteiger partial charge >= 0.3 is 0 Å². The van der Waals surface area contributed by atoms with Crippen LogP contribution in [0.4, 0.5) is 0 Å². The molecule has 0 radical (unpaired) electrons. The minimum atomic E-state index is 0.799. The summed E-state index contributed by atoms with van der Waals surface area (Å²) < 4.78 is 5.89. The fraction of sp³-hybridized carbons (Fsp3) is 0.346. The fourth-order valence-corrected chi connectivity index (χ4v) is 3.90. The zero-order valence-corrected chi connectivity index (χ0v) is 17.1. The summed E-state index contributed by atoms with van der Waals surface area (Å²) in [6.45, 7) is 4.62. The van der Waals surface area contributed by atoms with Gasteiger partial charge in [0.05, 0.1) is 6.61 Å². The second-order valence-corrected chi connectivity index (χ2v) is 7.78. The molecule has 0 N–H and O–H groups in total. The lowest BCUT2D eigenvalue weighted by molar-refractivity contribution is 0.0992. The van der Waals surface area contributed by atoms with Gasteiger partial charge in [0.15, 0.2) is 0 Å². The molecule has 0 aliphatic carbocycles. The third kappa shape index (κ3) is 5.99. The van der Waals surface area contributed by atoms with E-state index in [1.165, 1.54) is 28.1 Å². The third-order valence-corrected chi connectivity index (χ3v) is 5.51. The second kappa shape index (κ2) is 10.3. The predicted octanol–water partition coefficient (Wildman–Crippen LogP) is 5.15. The Morgan fingerprint density at radius 1 is 0.690 bits per heavy atom. The Kier molecular flexibility index (Phi) is 7.06. The molecule has 3 nitrogen and oxygen atoms in total. The van der Waals surface area contributed by atoms with Crippen LogP contribution in [-0.4, -0.2) is 36.2 Å². The third-order valence-electron chi connectivity index (χ3n) is 5.51. The number of hydrogen-bond acceptors (Lipinski definition) is 3. The van der Waals surface area contributed by atoms with Crippen molar-refractivity contribution in [2.45, 2.75) is 32.2 Å². The number of fused-ring (bicyclic) bond motifs is 2. The largest absolute Gasteiger partial charge is 0.380 e. The van der Waals surface area contributed by atoms with Gasteiger partial charge in [-0.05, 0) is 61.1 Å². The number of aryl methyl sites for hydroxylation is 2. The van der Waals surface area contributed by atoms with Crippen molar-refractivity contribution in [1.82, 2.24) is 9.88 Å². The molecule has 0 amide bonds. The Bertz CT molecular complexity index is 877. The quantitative estimate of drug-likeness (QED) is 0.623. The molecule has 1 aliphatic rings. The van der Waals surface area contributed by atoms with Gasteiger partial charge < -0.3 is 4.74 Å². The van der Waals surface area contributed by atoms with E-state index in [2.05, 4.69) is 77.7 Å². The van der Waals surface area contributed by atoms with E-state index in [1.807, 2.05) is 0 Å². The smallest absolute Gasteiger partial charge is 0.0593 e. The number of hydrogen-bond donors (Lipinski definition) is 0.